The van der Waals surface area contributed by atoms with Gasteiger partial charge < -0.3 is 19.5 Å². The third-order valence-corrected chi connectivity index (χ3v) is 4.14. The number of carbonyl (C=O) groups excluding carboxylic acids is 1. The van der Waals surface area contributed by atoms with Crippen molar-refractivity contribution in [3.05, 3.63) is 22.2 Å². The topological polar surface area (TPSA) is 76.1 Å². The van der Waals surface area contributed by atoms with E-state index < -0.39 is 17.4 Å². The van der Waals surface area contributed by atoms with Gasteiger partial charge in [0.2, 0.25) is 0 Å². The van der Waals surface area contributed by atoms with Gasteiger partial charge in [-0.1, -0.05) is 0 Å². The second-order valence-corrected chi connectivity index (χ2v) is 5.72. The number of hydrogen-bond acceptors (Lipinski definition) is 4. The van der Waals surface area contributed by atoms with Crippen LogP contribution in [0.3, 0.4) is 0 Å². The summed E-state index contributed by atoms with van der Waals surface area (Å²) < 4.78 is 10.9. The summed E-state index contributed by atoms with van der Waals surface area (Å²) in [7, 11) is 4.38. The van der Waals surface area contributed by atoms with E-state index in [0.717, 1.165) is 4.90 Å². The van der Waals surface area contributed by atoms with Crippen LogP contribution in [0.25, 0.3) is 0 Å². The van der Waals surface area contributed by atoms with Gasteiger partial charge in [0, 0.05) is 12.6 Å². The number of hydrogen-bond donors (Lipinski definition) is 1. The number of carboxylic acid groups (broad SMARTS) is 1. The second-order valence-electron chi connectivity index (χ2n) is 4.92. The van der Waals surface area contributed by atoms with E-state index in [1.807, 2.05) is 0 Å². The molecule has 0 aliphatic carbocycles. The highest BCUT2D eigenvalue weighted by molar-refractivity contribution is 9.10. The summed E-state index contributed by atoms with van der Waals surface area (Å²) >= 11 is 3.32. The standard InChI is InChI=1S/C14H18BrNO5/c1-14(2,13(18)19)16(3)12(17)8-6-9(20-4)11(15)10(7-8)21-5/h6-7H,1-5H3,(H,18,19). The van der Waals surface area contributed by atoms with Gasteiger partial charge in [-0.2, -0.15) is 0 Å². The molecule has 1 N–H and O–H groups in total. The molecule has 21 heavy (non-hydrogen) atoms. The Morgan fingerprint density at radius 1 is 1.19 bits per heavy atom. The highest BCUT2D eigenvalue weighted by Gasteiger charge is 2.36. The van der Waals surface area contributed by atoms with Crippen molar-refractivity contribution >= 4 is 27.8 Å². The summed E-state index contributed by atoms with van der Waals surface area (Å²) in [4.78, 5) is 24.9. The molecular formula is C14H18BrNO5. The SMILES string of the molecule is COc1cc(C(=O)N(C)C(C)(C)C(=O)O)cc(OC)c1Br. The average molecular weight is 360 g/mol. The number of likely N-dealkylation sites (N-methyl/N-ethyl adjacent to an activating group) is 1. The van der Waals surface area contributed by atoms with E-state index in [0.29, 0.717) is 16.0 Å². The number of halogens is 1. The summed E-state index contributed by atoms with van der Waals surface area (Å²) in [6, 6.07) is 3.06. The maximum absolute atomic E-state index is 12.5. The monoisotopic (exact) mass is 359 g/mol. The van der Waals surface area contributed by atoms with E-state index in [1.54, 1.807) is 0 Å². The molecule has 0 bridgehead atoms. The van der Waals surface area contributed by atoms with Crippen molar-refractivity contribution in [3.63, 3.8) is 0 Å². The molecule has 1 amide bonds. The number of carbonyl (C=O) groups is 2. The molecule has 1 aromatic rings. The third-order valence-electron chi connectivity index (χ3n) is 3.36. The molecule has 116 valence electrons. The lowest BCUT2D eigenvalue weighted by Crippen LogP contribution is -2.50. The maximum atomic E-state index is 12.5. The number of benzene rings is 1. The number of rotatable bonds is 5. The molecule has 0 fully saturated rings. The number of carboxylic acids is 1. The molecule has 0 unspecified atom stereocenters. The number of aliphatic carboxylic acids is 1. The molecule has 0 aromatic heterocycles. The molecule has 7 heteroatoms. The van der Waals surface area contributed by atoms with Crippen molar-refractivity contribution in [2.75, 3.05) is 21.3 Å². The van der Waals surface area contributed by atoms with E-state index in [2.05, 4.69) is 15.9 Å². The van der Waals surface area contributed by atoms with Gasteiger partial charge in [0.05, 0.1) is 14.2 Å². The Balaban J connectivity index is 3.28. The average Bonchev–Trinajstić information content (AvgIpc) is 2.45. The van der Waals surface area contributed by atoms with Gasteiger partial charge >= 0.3 is 5.97 Å². The molecule has 0 saturated heterocycles. The lowest BCUT2D eigenvalue weighted by molar-refractivity contribution is -0.147. The fourth-order valence-electron chi connectivity index (χ4n) is 1.58. The fourth-order valence-corrected chi connectivity index (χ4v) is 2.14. The van der Waals surface area contributed by atoms with Crippen molar-refractivity contribution < 1.29 is 24.2 Å². The Bertz CT molecular complexity index is 545. The van der Waals surface area contributed by atoms with Gasteiger partial charge in [-0.3, -0.25) is 4.79 Å². The normalized spacial score (nSPS) is 11.0. The quantitative estimate of drug-likeness (QED) is 0.873. The van der Waals surface area contributed by atoms with Gasteiger partial charge in [0.1, 0.15) is 21.5 Å². The summed E-state index contributed by atoms with van der Waals surface area (Å²) in [5.41, 5.74) is -1.05. The molecule has 0 heterocycles. The Kier molecular flexibility index (Phi) is 5.22. The lowest BCUT2D eigenvalue weighted by Gasteiger charge is -2.31. The minimum atomic E-state index is -1.33. The minimum Gasteiger partial charge on any atom is -0.495 e. The summed E-state index contributed by atoms with van der Waals surface area (Å²) in [5, 5.41) is 9.20. The summed E-state index contributed by atoms with van der Waals surface area (Å²) in [6.07, 6.45) is 0. The van der Waals surface area contributed by atoms with Crippen LogP contribution in [-0.2, 0) is 4.79 Å². The molecule has 0 aliphatic rings. The number of amides is 1. The van der Waals surface area contributed by atoms with E-state index in [4.69, 9.17) is 9.47 Å². The first-order valence-electron chi connectivity index (χ1n) is 6.09. The maximum Gasteiger partial charge on any atom is 0.329 e. The number of ether oxygens (including phenoxy) is 2. The van der Waals surface area contributed by atoms with Crippen LogP contribution in [0.4, 0.5) is 0 Å². The smallest absolute Gasteiger partial charge is 0.329 e. The second kappa shape index (κ2) is 6.34. The third kappa shape index (κ3) is 3.29. The summed E-state index contributed by atoms with van der Waals surface area (Å²) in [5.74, 6) is -0.667. The van der Waals surface area contributed by atoms with Gasteiger partial charge in [-0.25, -0.2) is 4.79 Å². The number of methoxy groups -OCH3 is 2. The van der Waals surface area contributed by atoms with Crippen LogP contribution in [0.5, 0.6) is 11.5 Å². The first-order valence-corrected chi connectivity index (χ1v) is 6.89. The largest absolute Gasteiger partial charge is 0.495 e. The van der Waals surface area contributed by atoms with Crippen LogP contribution in [0, 0.1) is 0 Å². The Morgan fingerprint density at radius 2 is 1.62 bits per heavy atom. The molecule has 0 saturated carbocycles. The first kappa shape index (κ1) is 17.3. The fraction of sp³-hybridized carbons (Fsp3) is 0.429. The zero-order valence-corrected chi connectivity index (χ0v) is 14.1. The molecule has 0 radical (unpaired) electrons. The van der Waals surface area contributed by atoms with Crippen molar-refractivity contribution in [2.45, 2.75) is 19.4 Å². The van der Waals surface area contributed by atoms with E-state index in [-0.39, 0.29) is 5.56 Å². The van der Waals surface area contributed by atoms with Crippen molar-refractivity contribution in [1.82, 2.24) is 4.90 Å². The van der Waals surface area contributed by atoms with Crippen LogP contribution in [-0.4, -0.2) is 48.7 Å². The van der Waals surface area contributed by atoms with Crippen LogP contribution in [0.2, 0.25) is 0 Å². The number of nitrogens with zero attached hydrogens (tertiary/aromatic N) is 1. The zero-order valence-electron chi connectivity index (χ0n) is 12.6. The highest BCUT2D eigenvalue weighted by atomic mass is 79.9. The highest BCUT2D eigenvalue weighted by Crippen LogP contribution is 2.36. The molecule has 0 aliphatic heterocycles. The predicted octanol–water partition coefficient (Wildman–Crippen LogP) is 2.40. The van der Waals surface area contributed by atoms with Crippen LogP contribution in [0.1, 0.15) is 24.2 Å². The van der Waals surface area contributed by atoms with Gasteiger partial charge in [0.25, 0.3) is 5.91 Å². The van der Waals surface area contributed by atoms with Crippen LogP contribution < -0.4 is 9.47 Å². The van der Waals surface area contributed by atoms with Gasteiger partial charge in [0.15, 0.2) is 0 Å². The van der Waals surface area contributed by atoms with Gasteiger partial charge in [-0.05, 0) is 41.9 Å². The Morgan fingerprint density at radius 3 is 1.95 bits per heavy atom. The molecule has 1 rings (SSSR count). The van der Waals surface area contributed by atoms with E-state index in [9.17, 15) is 14.7 Å². The Labute approximate surface area is 131 Å². The molecule has 0 spiro atoms. The van der Waals surface area contributed by atoms with Crippen molar-refractivity contribution in [1.29, 1.82) is 0 Å². The van der Waals surface area contributed by atoms with Crippen molar-refractivity contribution in [3.8, 4) is 11.5 Å². The minimum absolute atomic E-state index is 0.281. The van der Waals surface area contributed by atoms with E-state index in [1.165, 1.54) is 47.2 Å². The predicted molar refractivity (Wildman–Crippen MR) is 81.1 cm³/mol. The zero-order chi connectivity index (χ0) is 16.4. The van der Waals surface area contributed by atoms with Crippen molar-refractivity contribution in [2.24, 2.45) is 0 Å². The van der Waals surface area contributed by atoms with Crippen LogP contribution in [0.15, 0.2) is 16.6 Å². The molecule has 6 nitrogen and oxygen atoms in total. The van der Waals surface area contributed by atoms with E-state index >= 15 is 0 Å². The van der Waals surface area contributed by atoms with Gasteiger partial charge in [-0.15, -0.1) is 0 Å². The van der Waals surface area contributed by atoms with Crippen LogP contribution >= 0.6 is 15.9 Å². The lowest BCUT2D eigenvalue weighted by atomic mass is 10.0. The Hall–Kier alpha value is -1.76. The first-order chi connectivity index (χ1) is 9.66. The molecular weight excluding hydrogens is 342 g/mol. The molecule has 0 atom stereocenters. The molecule has 1 aromatic carbocycles. The summed E-state index contributed by atoms with van der Waals surface area (Å²) in [6.45, 7) is 2.92.